The van der Waals surface area contributed by atoms with E-state index >= 15 is 0 Å². The number of hydrogen-bond donors (Lipinski definition) is 3. The van der Waals surface area contributed by atoms with Crippen LogP contribution in [0.5, 0.6) is 0 Å². The number of carboxylic acids is 1. The van der Waals surface area contributed by atoms with Crippen LogP contribution in [-0.2, 0) is 9.59 Å². The standard InChI is InChI=1S/C14H16BrN5O3/c15-11-8-19-14(20-9-11)18-7-10(6-16)13(23)17-5-3-1-2-4-12(21)22/h7-9H,1-5H2,(H,17,23)(H,21,22)(H,18,19,20)/b10-7-. The number of carboxylic acid groups (broad SMARTS) is 1. The maximum atomic E-state index is 11.8. The summed E-state index contributed by atoms with van der Waals surface area (Å²) < 4.78 is 0.716. The number of nitriles is 1. The number of aromatic nitrogens is 2. The number of halogens is 1. The van der Waals surface area contributed by atoms with E-state index in [1.165, 1.54) is 18.6 Å². The maximum Gasteiger partial charge on any atom is 0.303 e. The average molecular weight is 382 g/mol. The van der Waals surface area contributed by atoms with Gasteiger partial charge in [0.25, 0.3) is 5.91 Å². The first-order valence-corrected chi connectivity index (χ1v) is 7.66. The number of carbonyl (C=O) groups excluding carboxylic acids is 1. The Bertz CT molecular complexity index is 610. The van der Waals surface area contributed by atoms with Gasteiger partial charge < -0.3 is 15.7 Å². The Morgan fingerprint density at radius 2 is 2.00 bits per heavy atom. The topological polar surface area (TPSA) is 128 Å². The lowest BCUT2D eigenvalue weighted by Gasteiger charge is -2.04. The smallest absolute Gasteiger partial charge is 0.303 e. The van der Waals surface area contributed by atoms with Gasteiger partial charge in [-0.1, -0.05) is 6.42 Å². The number of aliphatic carboxylic acids is 1. The van der Waals surface area contributed by atoms with Crippen molar-refractivity contribution in [2.75, 3.05) is 11.9 Å². The van der Waals surface area contributed by atoms with Crippen molar-refractivity contribution in [3.8, 4) is 6.07 Å². The fraction of sp³-hybridized carbons (Fsp3) is 0.357. The average Bonchev–Trinajstić information content (AvgIpc) is 2.52. The second-order valence-corrected chi connectivity index (χ2v) is 5.42. The molecule has 0 aliphatic carbocycles. The molecule has 0 radical (unpaired) electrons. The Morgan fingerprint density at radius 3 is 2.61 bits per heavy atom. The van der Waals surface area contributed by atoms with Crippen molar-refractivity contribution in [3.05, 3.63) is 28.6 Å². The SMILES string of the molecule is N#C/C(=C/Nc1ncc(Br)cn1)C(=O)NCCCCCC(=O)O. The van der Waals surface area contributed by atoms with Gasteiger partial charge in [-0.05, 0) is 28.8 Å². The van der Waals surface area contributed by atoms with Crippen molar-refractivity contribution in [1.82, 2.24) is 15.3 Å². The highest BCUT2D eigenvalue weighted by atomic mass is 79.9. The molecule has 1 aromatic rings. The molecule has 8 nitrogen and oxygen atoms in total. The Hall–Kier alpha value is -2.47. The molecule has 1 heterocycles. The summed E-state index contributed by atoms with van der Waals surface area (Å²) in [5.74, 6) is -1.07. The molecule has 1 aromatic heterocycles. The molecule has 23 heavy (non-hydrogen) atoms. The summed E-state index contributed by atoms with van der Waals surface area (Å²) >= 11 is 3.20. The van der Waals surface area contributed by atoms with Crippen LogP contribution in [0.4, 0.5) is 5.95 Å². The van der Waals surface area contributed by atoms with Gasteiger partial charge in [-0.15, -0.1) is 0 Å². The van der Waals surface area contributed by atoms with Gasteiger partial charge in [0.1, 0.15) is 11.6 Å². The van der Waals surface area contributed by atoms with E-state index < -0.39 is 11.9 Å². The van der Waals surface area contributed by atoms with Gasteiger partial charge >= 0.3 is 5.97 Å². The molecule has 0 fully saturated rings. The predicted molar refractivity (Wildman–Crippen MR) is 86.2 cm³/mol. The third-order valence-electron chi connectivity index (χ3n) is 2.68. The summed E-state index contributed by atoms with van der Waals surface area (Å²) in [4.78, 5) is 30.1. The van der Waals surface area contributed by atoms with Gasteiger partial charge in [0.2, 0.25) is 5.95 Å². The molecule has 0 spiro atoms. The highest BCUT2D eigenvalue weighted by Crippen LogP contribution is 2.07. The van der Waals surface area contributed by atoms with Crippen LogP contribution in [0.3, 0.4) is 0 Å². The first kappa shape index (κ1) is 18.6. The van der Waals surface area contributed by atoms with Crippen molar-refractivity contribution in [2.45, 2.75) is 25.7 Å². The molecule has 0 unspecified atom stereocenters. The summed E-state index contributed by atoms with van der Waals surface area (Å²) in [7, 11) is 0. The van der Waals surface area contributed by atoms with E-state index in [0.29, 0.717) is 30.3 Å². The fourth-order valence-electron chi connectivity index (χ4n) is 1.55. The summed E-state index contributed by atoms with van der Waals surface area (Å²) in [6.07, 6.45) is 6.34. The van der Waals surface area contributed by atoms with Crippen LogP contribution in [0.25, 0.3) is 0 Å². The van der Waals surface area contributed by atoms with Crippen LogP contribution in [0.1, 0.15) is 25.7 Å². The van der Waals surface area contributed by atoms with E-state index in [0.717, 1.165) is 0 Å². The Morgan fingerprint density at radius 1 is 1.30 bits per heavy atom. The fourth-order valence-corrected chi connectivity index (χ4v) is 1.75. The molecule has 0 atom stereocenters. The zero-order valence-electron chi connectivity index (χ0n) is 12.3. The number of hydrogen-bond acceptors (Lipinski definition) is 6. The summed E-state index contributed by atoms with van der Waals surface area (Å²) in [5, 5.41) is 22.8. The Kier molecular flexibility index (Phi) is 8.31. The molecule has 0 aliphatic heterocycles. The van der Waals surface area contributed by atoms with Crippen LogP contribution >= 0.6 is 15.9 Å². The second kappa shape index (κ2) is 10.3. The number of rotatable bonds is 9. The largest absolute Gasteiger partial charge is 0.481 e. The van der Waals surface area contributed by atoms with E-state index in [4.69, 9.17) is 10.4 Å². The quantitative estimate of drug-likeness (QED) is 0.338. The number of carbonyl (C=O) groups is 2. The molecule has 9 heteroatoms. The highest BCUT2D eigenvalue weighted by molar-refractivity contribution is 9.10. The summed E-state index contributed by atoms with van der Waals surface area (Å²) in [5.41, 5.74) is -0.0953. The normalized spacial score (nSPS) is 10.7. The molecular weight excluding hydrogens is 366 g/mol. The van der Waals surface area contributed by atoms with Crippen molar-refractivity contribution in [2.24, 2.45) is 0 Å². The number of amides is 1. The number of unbranched alkanes of at least 4 members (excludes halogenated alkanes) is 2. The number of nitrogens with one attached hydrogen (secondary N) is 2. The van der Waals surface area contributed by atoms with Gasteiger partial charge in [0.05, 0.1) is 4.47 Å². The minimum Gasteiger partial charge on any atom is -0.481 e. The molecule has 0 saturated carbocycles. The molecule has 0 bridgehead atoms. The van der Waals surface area contributed by atoms with Crippen molar-refractivity contribution < 1.29 is 14.7 Å². The predicted octanol–water partition coefficient (Wildman–Crippen LogP) is 1.82. The minimum absolute atomic E-state index is 0.0953. The highest BCUT2D eigenvalue weighted by Gasteiger charge is 2.08. The molecule has 1 rings (SSSR count). The van der Waals surface area contributed by atoms with Crippen molar-refractivity contribution >= 4 is 33.8 Å². The molecular formula is C14H16BrN5O3. The van der Waals surface area contributed by atoms with Crippen LogP contribution in [0, 0.1) is 11.3 Å². The number of nitrogens with zero attached hydrogens (tertiary/aromatic N) is 3. The minimum atomic E-state index is -0.829. The van der Waals surface area contributed by atoms with Gasteiger partial charge in [-0.2, -0.15) is 5.26 Å². The molecule has 122 valence electrons. The molecule has 3 N–H and O–H groups in total. The van der Waals surface area contributed by atoms with Gasteiger partial charge in [0, 0.05) is 31.6 Å². The Labute approximate surface area is 141 Å². The van der Waals surface area contributed by atoms with Crippen LogP contribution in [0.2, 0.25) is 0 Å². The lowest BCUT2D eigenvalue weighted by atomic mass is 10.2. The van der Waals surface area contributed by atoms with Gasteiger partial charge in [-0.3, -0.25) is 9.59 Å². The zero-order valence-corrected chi connectivity index (χ0v) is 13.8. The van der Waals surface area contributed by atoms with Gasteiger partial charge in [0.15, 0.2) is 0 Å². The van der Waals surface area contributed by atoms with Crippen LogP contribution < -0.4 is 10.6 Å². The lowest BCUT2D eigenvalue weighted by Crippen LogP contribution is -2.26. The van der Waals surface area contributed by atoms with E-state index in [1.54, 1.807) is 6.07 Å². The van der Waals surface area contributed by atoms with Crippen molar-refractivity contribution in [1.29, 1.82) is 5.26 Å². The third-order valence-corrected chi connectivity index (χ3v) is 3.09. The summed E-state index contributed by atoms with van der Waals surface area (Å²) in [6.45, 7) is 0.381. The molecule has 0 saturated heterocycles. The molecule has 1 amide bonds. The van der Waals surface area contributed by atoms with Crippen LogP contribution in [0.15, 0.2) is 28.6 Å². The third kappa shape index (κ3) is 7.92. The van der Waals surface area contributed by atoms with Crippen molar-refractivity contribution in [3.63, 3.8) is 0 Å². The monoisotopic (exact) mass is 381 g/mol. The first-order chi connectivity index (χ1) is 11.0. The zero-order chi connectivity index (χ0) is 17.1. The van der Waals surface area contributed by atoms with Crippen LogP contribution in [-0.4, -0.2) is 33.5 Å². The second-order valence-electron chi connectivity index (χ2n) is 4.50. The summed E-state index contributed by atoms with van der Waals surface area (Å²) in [6, 6.07) is 1.79. The van der Waals surface area contributed by atoms with Gasteiger partial charge in [-0.25, -0.2) is 9.97 Å². The van der Waals surface area contributed by atoms with E-state index in [-0.39, 0.29) is 17.9 Å². The Balaban J connectivity index is 2.36. The maximum absolute atomic E-state index is 11.8. The van der Waals surface area contributed by atoms with E-state index in [1.807, 2.05) is 0 Å². The number of anilines is 1. The van der Waals surface area contributed by atoms with E-state index in [9.17, 15) is 9.59 Å². The lowest BCUT2D eigenvalue weighted by molar-refractivity contribution is -0.137. The molecule has 0 aromatic carbocycles. The molecule has 0 aliphatic rings. The van der Waals surface area contributed by atoms with E-state index in [2.05, 4.69) is 36.5 Å². The first-order valence-electron chi connectivity index (χ1n) is 6.87.